The summed E-state index contributed by atoms with van der Waals surface area (Å²) in [6.45, 7) is 0.468. The molecule has 0 saturated carbocycles. The lowest BCUT2D eigenvalue weighted by molar-refractivity contribution is 0.0947. The van der Waals surface area contributed by atoms with Gasteiger partial charge in [0.1, 0.15) is 0 Å². The number of nitrogens with one attached hydrogen (secondary N) is 1. The van der Waals surface area contributed by atoms with Crippen LogP contribution in [0.4, 0.5) is 5.69 Å². The van der Waals surface area contributed by atoms with Crippen molar-refractivity contribution in [1.82, 2.24) is 10.3 Å². The maximum absolute atomic E-state index is 13.7. The first-order valence-electron chi connectivity index (χ1n) is 10.9. The SMILES string of the molecule is O=C(NCc1ccccn1)c1ccc2c(c1)N(Cc1cccc(Cl)c1)C(=O)c1ccccc1[S@@]2=O. The third-order valence-corrected chi connectivity index (χ3v) is 7.40. The molecular formula is C27H20ClN3O3S. The summed E-state index contributed by atoms with van der Waals surface area (Å²) < 4.78 is 13.5. The molecule has 1 aliphatic heterocycles. The Kier molecular flexibility index (Phi) is 6.44. The summed E-state index contributed by atoms with van der Waals surface area (Å²) in [6.07, 6.45) is 1.66. The van der Waals surface area contributed by atoms with Crippen molar-refractivity contribution in [2.24, 2.45) is 0 Å². The highest BCUT2D eigenvalue weighted by Gasteiger charge is 2.31. The molecule has 1 N–H and O–H groups in total. The Morgan fingerprint density at radius 1 is 0.943 bits per heavy atom. The van der Waals surface area contributed by atoms with Crippen LogP contribution in [0.15, 0.2) is 101 Å². The average Bonchev–Trinajstić information content (AvgIpc) is 2.97. The average molecular weight is 502 g/mol. The minimum atomic E-state index is -1.60. The number of hydrogen-bond donors (Lipinski definition) is 1. The first-order chi connectivity index (χ1) is 17.0. The molecule has 174 valence electrons. The van der Waals surface area contributed by atoms with Gasteiger partial charge in [0.15, 0.2) is 0 Å². The molecular weight excluding hydrogens is 482 g/mol. The molecule has 1 atom stereocenters. The van der Waals surface area contributed by atoms with Gasteiger partial charge in [-0.25, -0.2) is 4.21 Å². The molecule has 0 aliphatic carbocycles. The van der Waals surface area contributed by atoms with E-state index in [2.05, 4.69) is 10.3 Å². The highest BCUT2D eigenvalue weighted by molar-refractivity contribution is 7.85. The van der Waals surface area contributed by atoms with Gasteiger partial charge < -0.3 is 10.2 Å². The lowest BCUT2D eigenvalue weighted by Gasteiger charge is -2.23. The maximum Gasteiger partial charge on any atom is 0.259 e. The van der Waals surface area contributed by atoms with Gasteiger partial charge in [-0.1, -0.05) is 41.9 Å². The fraction of sp³-hybridized carbons (Fsp3) is 0.0741. The van der Waals surface area contributed by atoms with Gasteiger partial charge in [0.05, 0.1) is 50.6 Å². The monoisotopic (exact) mass is 501 g/mol. The Labute approximate surface area is 210 Å². The highest BCUT2D eigenvalue weighted by Crippen LogP contribution is 2.36. The van der Waals surface area contributed by atoms with Gasteiger partial charge in [0.25, 0.3) is 11.8 Å². The molecule has 0 spiro atoms. The summed E-state index contributed by atoms with van der Waals surface area (Å²) in [4.78, 5) is 33.3. The summed E-state index contributed by atoms with van der Waals surface area (Å²) in [5.74, 6) is -0.611. The zero-order chi connectivity index (χ0) is 24.4. The number of anilines is 1. The fourth-order valence-electron chi connectivity index (χ4n) is 3.96. The van der Waals surface area contributed by atoms with Crippen LogP contribution in [0.3, 0.4) is 0 Å². The van der Waals surface area contributed by atoms with Crippen LogP contribution < -0.4 is 10.2 Å². The maximum atomic E-state index is 13.7. The molecule has 4 aromatic rings. The second-order valence-electron chi connectivity index (χ2n) is 7.97. The Hall–Kier alpha value is -3.81. The quantitative estimate of drug-likeness (QED) is 0.417. The van der Waals surface area contributed by atoms with E-state index in [0.29, 0.717) is 31.6 Å². The van der Waals surface area contributed by atoms with Gasteiger partial charge in [-0.2, -0.15) is 0 Å². The molecule has 0 bridgehead atoms. The van der Waals surface area contributed by atoms with Gasteiger partial charge >= 0.3 is 0 Å². The second-order valence-corrected chi connectivity index (χ2v) is 9.83. The predicted molar refractivity (Wildman–Crippen MR) is 135 cm³/mol. The van der Waals surface area contributed by atoms with Crippen LogP contribution >= 0.6 is 11.6 Å². The second kappa shape index (κ2) is 9.82. The van der Waals surface area contributed by atoms with E-state index >= 15 is 0 Å². The van der Waals surface area contributed by atoms with Gasteiger partial charge in [0, 0.05) is 16.8 Å². The number of benzene rings is 3. The number of carbonyl (C=O) groups is 2. The van der Waals surface area contributed by atoms with E-state index < -0.39 is 10.8 Å². The van der Waals surface area contributed by atoms with Crippen LogP contribution in [-0.4, -0.2) is 21.0 Å². The number of pyridine rings is 1. The summed E-state index contributed by atoms with van der Waals surface area (Å²) in [7, 11) is -1.60. The molecule has 0 unspecified atom stereocenters. The van der Waals surface area contributed by atoms with E-state index in [1.807, 2.05) is 24.3 Å². The van der Waals surface area contributed by atoms with Crippen molar-refractivity contribution in [1.29, 1.82) is 0 Å². The summed E-state index contributed by atoms with van der Waals surface area (Å²) in [5.41, 5.74) is 2.68. The summed E-state index contributed by atoms with van der Waals surface area (Å²) >= 11 is 6.18. The van der Waals surface area contributed by atoms with E-state index in [1.54, 1.807) is 71.8 Å². The Morgan fingerprint density at radius 3 is 2.57 bits per heavy atom. The Balaban J connectivity index is 1.55. The number of rotatable bonds is 5. The number of halogens is 1. The molecule has 2 heterocycles. The lowest BCUT2D eigenvalue weighted by atomic mass is 10.1. The number of fused-ring (bicyclic) bond motifs is 2. The first kappa shape index (κ1) is 23.0. The molecule has 2 amide bonds. The van der Waals surface area contributed by atoms with Gasteiger partial charge in [-0.15, -0.1) is 0 Å². The van der Waals surface area contributed by atoms with Crippen molar-refractivity contribution in [2.45, 2.75) is 22.9 Å². The minimum Gasteiger partial charge on any atom is -0.346 e. The van der Waals surface area contributed by atoms with E-state index in [9.17, 15) is 13.8 Å². The summed E-state index contributed by atoms with van der Waals surface area (Å²) in [6, 6.07) is 24.5. The topological polar surface area (TPSA) is 79.4 Å². The molecule has 0 radical (unpaired) electrons. The normalized spacial score (nSPS) is 14.6. The van der Waals surface area contributed by atoms with Crippen LogP contribution in [-0.2, 0) is 23.9 Å². The van der Waals surface area contributed by atoms with Crippen LogP contribution in [0, 0.1) is 0 Å². The van der Waals surface area contributed by atoms with Crippen molar-refractivity contribution in [2.75, 3.05) is 4.90 Å². The van der Waals surface area contributed by atoms with Crippen LogP contribution in [0.25, 0.3) is 0 Å². The molecule has 1 aromatic heterocycles. The first-order valence-corrected chi connectivity index (χ1v) is 12.4. The van der Waals surface area contributed by atoms with Gasteiger partial charge in [0.2, 0.25) is 0 Å². The van der Waals surface area contributed by atoms with Crippen molar-refractivity contribution >= 4 is 39.9 Å². The third kappa shape index (κ3) is 4.73. The Bertz CT molecular complexity index is 1460. The molecule has 6 nitrogen and oxygen atoms in total. The zero-order valence-electron chi connectivity index (χ0n) is 18.5. The number of nitrogens with zero attached hydrogens (tertiary/aromatic N) is 2. The van der Waals surface area contributed by atoms with Gasteiger partial charge in [-0.05, 0) is 60.2 Å². The standard InChI is InChI=1S/C27H20ClN3O3S/c28-20-7-5-6-18(14-20)17-31-23-15-19(26(32)30-16-21-8-3-4-13-29-21)11-12-25(23)35(34)24-10-2-1-9-22(24)27(31)33/h1-15H,16-17H2,(H,30,32)/t35-/m0/s1. The number of aromatic nitrogens is 1. The van der Waals surface area contributed by atoms with Crippen molar-refractivity contribution in [3.8, 4) is 0 Å². The van der Waals surface area contributed by atoms with Gasteiger partial charge in [-0.3, -0.25) is 14.6 Å². The largest absolute Gasteiger partial charge is 0.346 e. The molecule has 8 heteroatoms. The number of hydrogen-bond acceptors (Lipinski definition) is 4. The molecule has 3 aromatic carbocycles. The fourth-order valence-corrected chi connectivity index (χ4v) is 5.51. The predicted octanol–water partition coefficient (Wildman–Crippen LogP) is 4.99. The molecule has 0 saturated heterocycles. The number of amides is 2. The van der Waals surface area contributed by atoms with Crippen molar-refractivity contribution < 1.29 is 13.8 Å². The van der Waals surface area contributed by atoms with E-state index in [4.69, 9.17) is 11.6 Å². The smallest absolute Gasteiger partial charge is 0.259 e. The van der Waals surface area contributed by atoms with E-state index in [0.717, 1.165) is 11.3 Å². The zero-order valence-corrected chi connectivity index (χ0v) is 20.1. The molecule has 1 aliphatic rings. The Morgan fingerprint density at radius 2 is 1.77 bits per heavy atom. The van der Waals surface area contributed by atoms with Crippen molar-refractivity contribution in [3.63, 3.8) is 0 Å². The van der Waals surface area contributed by atoms with Crippen LogP contribution in [0.2, 0.25) is 5.02 Å². The molecule has 5 rings (SSSR count). The van der Waals surface area contributed by atoms with Crippen LogP contribution in [0.1, 0.15) is 32.0 Å². The number of carbonyl (C=O) groups excluding carboxylic acids is 2. The summed E-state index contributed by atoms with van der Waals surface area (Å²) in [5, 5.41) is 3.40. The third-order valence-electron chi connectivity index (χ3n) is 5.66. The minimum absolute atomic E-state index is 0.205. The lowest BCUT2D eigenvalue weighted by Crippen LogP contribution is -2.31. The molecule has 35 heavy (non-hydrogen) atoms. The van der Waals surface area contributed by atoms with Crippen LogP contribution in [0.5, 0.6) is 0 Å². The molecule has 0 fully saturated rings. The van der Waals surface area contributed by atoms with E-state index in [1.165, 1.54) is 0 Å². The van der Waals surface area contributed by atoms with E-state index in [-0.39, 0.29) is 24.9 Å². The highest BCUT2D eigenvalue weighted by atomic mass is 35.5. The van der Waals surface area contributed by atoms with Crippen molar-refractivity contribution in [3.05, 3.63) is 119 Å².